The van der Waals surface area contributed by atoms with Crippen LogP contribution in [0.4, 0.5) is 10.1 Å². The maximum absolute atomic E-state index is 14.6. The number of hydrogen-bond acceptors (Lipinski definition) is 12. The van der Waals surface area contributed by atoms with Gasteiger partial charge in [0, 0.05) is 49.6 Å². The smallest absolute Gasteiger partial charge is 0.342 e. The average Bonchev–Trinajstić information content (AvgIpc) is 3.55. The van der Waals surface area contributed by atoms with E-state index in [-0.39, 0.29) is 25.0 Å². The third kappa shape index (κ3) is 14.9. The molecule has 15 heteroatoms. The van der Waals surface area contributed by atoms with Crippen LogP contribution in [-0.4, -0.2) is 76.3 Å². The molecule has 0 fully saturated rings. The maximum atomic E-state index is 14.6. The van der Waals surface area contributed by atoms with E-state index < -0.39 is 5.82 Å². The number of unbranched alkanes of at least 4 members (excludes halogenated alkanes) is 5. The Hall–Kier alpha value is -4.99. The van der Waals surface area contributed by atoms with E-state index in [0.29, 0.717) is 80.2 Å². The van der Waals surface area contributed by atoms with Gasteiger partial charge in [0.15, 0.2) is 11.6 Å². The van der Waals surface area contributed by atoms with Gasteiger partial charge in [-0.05, 0) is 68.1 Å². The molecular formula is C38H50FN7O7. The molecule has 1 amide bonds. The highest BCUT2D eigenvalue weighted by Gasteiger charge is 2.13. The number of amides is 1. The second-order valence-electron chi connectivity index (χ2n) is 12.2. The molecule has 0 saturated carbocycles. The minimum Gasteiger partial charge on any atom is -0.494 e. The number of hydrogen-bond donors (Lipinski definition) is 2. The molecule has 0 spiro atoms. The Morgan fingerprint density at radius 3 is 2.47 bits per heavy atom. The molecule has 4 aromatic rings. The van der Waals surface area contributed by atoms with E-state index in [1.807, 2.05) is 17.7 Å². The van der Waals surface area contributed by atoms with E-state index in [4.69, 9.17) is 19.1 Å². The first-order valence-electron chi connectivity index (χ1n) is 18.1. The van der Waals surface area contributed by atoms with Crippen LogP contribution in [0.5, 0.6) is 5.75 Å². The fourth-order valence-electron chi connectivity index (χ4n) is 5.10. The lowest BCUT2D eigenvalue weighted by atomic mass is 10.1. The summed E-state index contributed by atoms with van der Waals surface area (Å²) in [6, 6.07) is 13.4. The molecule has 0 atom stereocenters. The number of rotatable bonds is 26. The molecule has 2 heterocycles. The minimum absolute atomic E-state index is 0.0116. The van der Waals surface area contributed by atoms with Crippen molar-refractivity contribution in [3.63, 3.8) is 0 Å². The van der Waals surface area contributed by atoms with Gasteiger partial charge in [-0.1, -0.05) is 32.3 Å². The van der Waals surface area contributed by atoms with Gasteiger partial charge in [-0.25, -0.2) is 19.2 Å². The molecule has 0 bridgehead atoms. The summed E-state index contributed by atoms with van der Waals surface area (Å²) in [5.41, 5.74) is 2.16. The van der Waals surface area contributed by atoms with E-state index in [0.717, 1.165) is 50.6 Å². The van der Waals surface area contributed by atoms with Crippen molar-refractivity contribution in [1.82, 2.24) is 30.0 Å². The van der Waals surface area contributed by atoms with Gasteiger partial charge in [0.05, 0.1) is 33.0 Å². The number of halogens is 1. The molecule has 2 aromatic carbocycles. The second kappa shape index (κ2) is 23.5. The molecule has 0 unspecified atom stereocenters. The van der Waals surface area contributed by atoms with Crippen LogP contribution >= 0.6 is 0 Å². The molecule has 286 valence electrons. The number of nitrogens with zero attached hydrogens (tertiary/aromatic N) is 5. The van der Waals surface area contributed by atoms with Crippen molar-refractivity contribution < 1.29 is 38.0 Å². The second-order valence-corrected chi connectivity index (χ2v) is 12.2. The number of ether oxygens (including phenoxy) is 3. The molecular weight excluding hydrogens is 685 g/mol. The summed E-state index contributed by atoms with van der Waals surface area (Å²) in [6.07, 6.45) is 10.0. The Bertz CT molecular complexity index is 1680. The number of aromatic nitrogens is 5. The Kier molecular flexibility index (Phi) is 18.1. The third-order valence-electron chi connectivity index (χ3n) is 8.08. The van der Waals surface area contributed by atoms with Crippen LogP contribution in [0.1, 0.15) is 80.0 Å². The standard InChI is InChI=1S/C38H50FN7O7/c1-3-4-7-13-36(47)53-52-23-22-50-21-20-49-18-8-5-6-9-19-51-32-14-15-33(39)30(25-32)26-42-38(48)29-11-10-12-31(24-29)41-27-35-44-45-37(46(35)2)34-16-17-40-28-43-34/h10-12,14-17,24-25,28,41H,3-9,13,18-23,26-27H2,1-2H3,(H,42,48). The number of carbonyl (C=O) groups is 2. The van der Waals surface area contributed by atoms with Gasteiger partial charge in [-0.3, -0.25) is 9.68 Å². The van der Waals surface area contributed by atoms with Gasteiger partial charge in [-0.15, -0.1) is 10.2 Å². The first kappa shape index (κ1) is 40.8. The predicted molar refractivity (Wildman–Crippen MR) is 195 cm³/mol. The van der Waals surface area contributed by atoms with Crippen LogP contribution in [0.25, 0.3) is 11.5 Å². The molecule has 0 aliphatic rings. The quantitative estimate of drug-likeness (QED) is 0.0442. The molecule has 53 heavy (non-hydrogen) atoms. The summed E-state index contributed by atoms with van der Waals surface area (Å²) in [4.78, 5) is 42.1. The van der Waals surface area contributed by atoms with E-state index in [9.17, 15) is 14.0 Å². The van der Waals surface area contributed by atoms with Crippen LogP contribution in [0, 0.1) is 5.82 Å². The Labute approximate surface area is 309 Å². The minimum atomic E-state index is -0.421. The normalized spacial score (nSPS) is 11.0. The molecule has 0 saturated heterocycles. The van der Waals surface area contributed by atoms with Crippen molar-refractivity contribution in [1.29, 1.82) is 0 Å². The zero-order valence-electron chi connectivity index (χ0n) is 30.6. The van der Waals surface area contributed by atoms with Crippen molar-refractivity contribution in [2.75, 3.05) is 45.0 Å². The monoisotopic (exact) mass is 735 g/mol. The zero-order valence-corrected chi connectivity index (χ0v) is 30.6. The van der Waals surface area contributed by atoms with Gasteiger partial charge in [0.2, 0.25) is 0 Å². The summed E-state index contributed by atoms with van der Waals surface area (Å²) in [6.45, 7) is 5.03. The molecule has 4 rings (SSSR count). The fourth-order valence-corrected chi connectivity index (χ4v) is 5.10. The van der Waals surface area contributed by atoms with Crippen LogP contribution < -0.4 is 15.4 Å². The highest BCUT2D eigenvalue weighted by Crippen LogP contribution is 2.19. The Morgan fingerprint density at radius 1 is 0.849 bits per heavy atom. The zero-order chi connectivity index (χ0) is 37.5. The van der Waals surface area contributed by atoms with Crippen LogP contribution in [-0.2, 0) is 44.2 Å². The van der Waals surface area contributed by atoms with Gasteiger partial charge in [0.25, 0.3) is 5.91 Å². The Balaban J connectivity index is 1.05. The summed E-state index contributed by atoms with van der Waals surface area (Å²) in [5.74, 6) is 0.755. The topological polar surface area (TPSA) is 161 Å². The van der Waals surface area contributed by atoms with Gasteiger partial charge < -0.3 is 29.4 Å². The highest BCUT2D eigenvalue weighted by molar-refractivity contribution is 5.95. The molecule has 2 aromatic heterocycles. The van der Waals surface area contributed by atoms with Gasteiger partial charge in [0.1, 0.15) is 30.2 Å². The molecule has 0 radical (unpaired) electrons. The summed E-state index contributed by atoms with van der Waals surface area (Å²) in [5, 5.41) is 14.6. The lowest BCUT2D eigenvalue weighted by molar-refractivity contribution is -0.276. The molecule has 0 aliphatic carbocycles. The largest absolute Gasteiger partial charge is 0.494 e. The van der Waals surface area contributed by atoms with E-state index in [2.05, 4.69) is 42.6 Å². The number of anilines is 1. The lowest BCUT2D eigenvalue weighted by Crippen LogP contribution is -2.23. The summed E-state index contributed by atoms with van der Waals surface area (Å²) in [7, 11) is 1.86. The van der Waals surface area contributed by atoms with E-state index in [1.54, 1.807) is 42.6 Å². The highest BCUT2D eigenvalue weighted by atomic mass is 19.1. The van der Waals surface area contributed by atoms with Gasteiger partial charge >= 0.3 is 5.97 Å². The first-order chi connectivity index (χ1) is 25.9. The van der Waals surface area contributed by atoms with Crippen molar-refractivity contribution in [3.05, 3.63) is 83.8 Å². The van der Waals surface area contributed by atoms with Crippen molar-refractivity contribution >= 4 is 17.6 Å². The van der Waals surface area contributed by atoms with E-state index >= 15 is 0 Å². The Morgan fingerprint density at radius 2 is 1.66 bits per heavy atom. The third-order valence-corrected chi connectivity index (χ3v) is 8.08. The predicted octanol–water partition coefficient (Wildman–Crippen LogP) is 5.98. The number of nitrogens with one attached hydrogen (secondary N) is 2. The van der Waals surface area contributed by atoms with Crippen molar-refractivity contribution in [2.45, 2.75) is 71.4 Å². The van der Waals surface area contributed by atoms with Crippen molar-refractivity contribution in [2.24, 2.45) is 7.05 Å². The van der Waals surface area contributed by atoms with Crippen LogP contribution in [0.15, 0.2) is 61.1 Å². The maximum Gasteiger partial charge on any atom is 0.342 e. The first-order valence-corrected chi connectivity index (χ1v) is 18.1. The van der Waals surface area contributed by atoms with Crippen LogP contribution in [0.2, 0.25) is 0 Å². The summed E-state index contributed by atoms with van der Waals surface area (Å²) >= 11 is 0. The lowest BCUT2D eigenvalue weighted by Gasteiger charge is -2.11. The fraction of sp³-hybridized carbons (Fsp3) is 0.474. The van der Waals surface area contributed by atoms with E-state index in [1.165, 1.54) is 12.4 Å². The van der Waals surface area contributed by atoms with Gasteiger partial charge in [-0.2, -0.15) is 4.89 Å². The van der Waals surface area contributed by atoms with Crippen molar-refractivity contribution in [3.8, 4) is 17.3 Å². The van der Waals surface area contributed by atoms with Crippen LogP contribution in [0.3, 0.4) is 0 Å². The summed E-state index contributed by atoms with van der Waals surface area (Å²) < 4.78 is 33.3. The molecule has 14 nitrogen and oxygen atoms in total. The average molecular weight is 736 g/mol. The SMILES string of the molecule is CCCCCC(=O)OOCCOCCOCCCCCCOc1ccc(F)c(CNC(=O)c2cccc(NCc3nnc(-c4ccncn4)n3C)c2)c1. The molecule has 2 N–H and O–H groups in total. The number of carbonyl (C=O) groups excluding carboxylic acids is 2. The number of benzene rings is 2. The molecule has 0 aliphatic heterocycles.